The predicted octanol–water partition coefficient (Wildman–Crippen LogP) is 1.62. The van der Waals surface area contributed by atoms with Crippen molar-refractivity contribution in [3.05, 3.63) is 53.3 Å². The van der Waals surface area contributed by atoms with Crippen LogP contribution in [0.1, 0.15) is 39.0 Å². The van der Waals surface area contributed by atoms with Crippen molar-refractivity contribution in [2.24, 2.45) is 13.0 Å². The molecule has 2 amide bonds. The van der Waals surface area contributed by atoms with E-state index in [2.05, 4.69) is 20.2 Å². The predicted molar refractivity (Wildman–Crippen MR) is 127 cm³/mol. The standard InChI is InChI=1S/C23H25FN6O6S/c1-12-8-15(4-5-16(12)24)25-21(31)19-20-18(10-29(19)3)37(33,34)28-17-6-7-30(9-14(17)11-35-20)23(32)22-27-26-13(2)36-22/h4-5,8,10,14,17,28H,6-7,9,11H2,1-3H3,(H,25,31)/t14-,17-/m1/s1. The molecule has 2 aliphatic heterocycles. The summed E-state index contributed by atoms with van der Waals surface area (Å²) in [6.07, 6.45) is 1.67. The highest BCUT2D eigenvalue weighted by atomic mass is 32.2. The summed E-state index contributed by atoms with van der Waals surface area (Å²) in [6.45, 7) is 3.67. The molecule has 0 aliphatic carbocycles. The number of ether oxygens (including phenoxy) is 1. The first-order valence-corrected chi connectivity index (χ1v) is 13.0. The van der Waals surface area contributed by atoms with Crippen LogP contribution >= 0.6 is 0 Å². The topological polar surface area (TPSA) is 149 Å². The maximum atomic E-state index is 13.6. The van der Waals surface area contributed by atoms with Gasteiger partial charge in [0.15, 0.2) is 11.4 Å². The fourth-order valence-corrected chi connectivity index (χ4v) is 6.13. The van der Waals surface area contributed by atoms with Crippen LogP contribution < -0.4 is 14.8 Å². The number of nitrogens with one attached hydrogen (secondary N) is 2. The minimum absolute atomic E-state index is 0.00844. The first kappa shape index (κ1) is 24.9. The van der Waals surface area contributed by atoms with Gasteiger partial charge in [-0.3, -0.25) is 9.59 Å². The molecule has 4 heterocycles. The number of sulfonamides is 1. The zero-order valence-electron chi connectivity index (χ0n) is 20.3. The SMILES string of the molecule is Cc1nnc(C(=O)N2CC[C@H]3NS(=O)(=O)c4cn(C)c(C(=O)Nc5ccc(F)c(C)c5)c4OC[C@H]3C2)o1. The molecule has 0 saturated carbocycles. The van der Waals surface area contributed by atoms with Crippen LogP contribution in [0.25, 0.3) is 0 Å². The highest BCUT2D eigenvalue weighted by Crippen LogP contribution is 2.35. The summed E-state index contributed by atoms with van der Waals surface area (Å²) in [5.41, 5.74) is 0.690. The number of aryl methyl sites for hydroxylation is 3. The number of halogens is 1. The summed E-state index contributed by atoms with van der Waals surface area (Å²) in [4.78, 5) is 27.3. The van der Waals surface area contributed by atoms with E-state index in [1.165, 1.54) is 40.9 Å². The number of carbonyl (C=O) groups is 2. The molecule has 37 heavy (non-hydrogen) atoms. The average Bonchev–Trinajstić information content (AvgIpc) is 3.42. The van der Waals surface area contributed by atoms with Gasteiger partial charge in [-0.15, -0.1) is 10.2 Å². The first-order chi connectivity index (χ1) is 17.5. The van der Waals surface area contributed by atoms with Gasteiger partial charge in [-0.05, 0) is 37.1 Å². The molecule has 1 saturated heterocycles. The molecule has 12 nitrogen and oxygen atoms in total. The van der Waals surface area contributed by atoms with Crippen LogP contribution in [0.4, 0.5) is 10.1 Å². The van der Waals surface area contributed by atoms with E-state index >= 15 is 0 Å². The molecule has 2 N–H and O–H groups in total. The molecule has 0 bridgehead atoms. The van der Waals surface area contributed by atoms with Gasteiger partial charge >= 0.3 is 11.8 Å². The lowest BCUT2D eigenvalue weighted by molar-refractivity contribution is 0.0543. The van der Waals surface area contributed by atoms with E-state index in [1.807, 2.05) is 0 Å². The summed E-state index contributed by atoms with van der Waals surface area (Å²) in [5, 5.41) is 10.1. The van der Waals surface area contributed by atoms with E-state index in [9.17, 15) is 22.4 Å². The van der Waals surface area contributed by atoms with Gasteiger partial charge in [0.1, 0.15) is 10.7 Å². The van der Waals surface area contributed by atoms with Gasteiger partial charge in [0, 0.05) is 50.9 Å². The third-order valence-corrected chi connectivity index (χ3v) is 7.98. The van der Waals surface area contributed by atoms with Crippen molar-refractivity contribution in [3.63, 3.8) is 0 Å². The Hall–Kier alpha value is -3.78. The Morgan fingerprint density at radius 1 is 1.24 bits per heavy atom. The Morgan fingerprint density at radius 2 is 2.03 bits per heavy atom. The van der Waals surface area contributed by atoms with E-state index in [-0.39, 0.29) is 47.8 Å². The molecule has 14 heteroatoms. The molecule has 1 aromatic carbocycles. The van der Waals surface area contributed by atoms with Gasteiger partial charge in [0.25, 0.3) is 5.91 Å². The molecule has 2 aromatic heterocycles. The van der Waals surface area contributed by atoms with Gasteiger partial charge in [-0.1, -0.05) is 0 Å². The zero-order chi connectivity index (χ0) is 26.5. The number of aromatic nitrogens is 3. The molecule has 2 aliphatic rings. The molecule has 3 aromatic rings. The van der Waals surface area contributed by atoms with E-state index < -0.39 is 39.6 Å². The second-order valence-corrected chi connectivity index (χ2v) is 10.8. The van der Waals surface area contributed by atoms with Crippen molar-refractivity contribution in [3.8, 4) is 5.75 Å². The number of amides is 2. The van der Waals surface area contributed by atoms with Crippen molar-refractivity contribution in [2.75, 3.05) is 25.0 Å². The summed E-state index contributed by atoms with van der Waals surface area (Å²) in [6, 6.07) is 3.64. The van der Waals surface area contributed by atoms with Gasteiger partial charge in [0.2, 0.25) is 15.9 Å². The van der Waals surface area contributed by atoms with E-state index in [4.69, 9.17) is 9.15 Å². The second-order valence-electron chi connectivity index (χ2n) is 9.17. The molecule has 196 valence electrons. The van der Waals surface area contributed by atoms with Crippen molar-refractivity contribution in [1.29, 1.82) is 0 Å². The Balaban J connectivity index is 1.41. The van der Waals surface area contributed by atoms with Crippen LogP contribution in [0.2, 0.25) is 0 Å². The molecule has 0 spiro atoms. The maximum Gasteiger partial charge on any atom is 0.311 e. The quantitative estimate of drug-likeness (QED) is 0.517. The highest BCUT2D eigenvalue weighted by Gasteiger charge is 2.40. The lowest BCUT2D eigenvalue weighted by Crippen LogP contribution is -2.54. The summed E-state index contributed by atoms with van der Waals surface area (Å²) >= 11 is 0. The van der Waals surface area contributed by atoms with Crippen LogP contribution in [0.3, 0.4) is 0 Å². The van der Waals surface area contributed by atoms with Crippen LogP contribution in [-0.4, -0.2) is 65.6 Å². The van der Waals surface area contributed by atoms with Gasteiger partial charge in [-0.2, -0.15) is 0 Å². The number of piperidine rings is 1. The lowest BCUT2D eigenvalue weighted by atomic mass is 9.93. The smallest absolute Gasteiger partial charge is 0.311 e. The molecule has 0 unspecified atom stereocenters. The van der Waals surface area contributed by atoms with Crippen LogP contribution in [0.15, 0.2) is 33.7 Å². The largest absolute Gasteiger partial charge is 0.489 e. The van der Waals surface area contributed by atoms with Crippen LogP contribution in [0.5, 0.6) is 5.75 Å². The van der Waals surface area contributed by atoms with Gasteiger partial charge < -0.3 is 23.9 Å². The Morgan fingerprint density at radius 3 is 2.73 bits per heavy atom. The minimum atomic E-state index is -4.05. The number of benzene rings is 1. The Labute approximate surface area is 211 Å². The van der Waals surface area contributed by atoms with E-state index in [1.54, 1.807) is 13.8 Å². The normalized spacial score (nSPS) is 20.7. The Kier molecular flexibility index (Phi) is 6.23. The summed E-state index contributed by atoms with van der Waals surface area (Å²) < 4.78 is 55.5. The second kappa shape index (κ2) is 9.27. The van der Waals surface area contributed by atoms with Crippen molar-refractivity contribution >= 4 is 27.5 Å². The van der Waals surface area contributed by atoms with Crippen LogP contribution in [0, 0.1) is 25.6 Å². The van der Waals surface area contributed by atoms with Gasteiger partial charge in [-0.25, -0.2) is 17.5 Å². The number of fused-ring (bicyclic) bond motifs is 2. The number of rotatable bonds is 3. The first-order valence-electron chi connectivity index (χ1n) is 11.5. The molecule has 2 atom stereocenters. The fourth-order valence-electron chi connectivity index (χ4n) is 4.59. The van der Waals surface area contributed by atoms with Crippen molar-refractivity contribution in [2.45, 2.75) is 31.2 Å². The van der Waals surface area contributed by atoms with E-state index in [0.29, 0.717) is 17.7 Å². The molecule has 1 fully saturated rings. The minimum Gasteiger partial charge on any atom is -0.489 e. The monoisotopic (exact) mass is 532 g/mol. The van der Waals surface area contributed by atoms with Gasteiger partial charge in [0.05, 0.1) is 6.61 Å². The zero-order valence-corrected chi connectivity index (χ0v) is 21.1. The third kappa shape index (κ3) is 4.69. The molecule has 5 rings (SSSR count). The van der Waals surface area contributed by atoms with Crippen molar-refractivity contribution in [1.82, 2.24) is 24.4 Å². The fraction of sp³-hybridized carbons (Fsp3) is 0.391. The highest BCUT2D eigenvalue weighted by molar-refractivity contribution is 7.89. The number of nitrogens with zero attached hydrogens (tertiary/aromatic N) is 4. The van der Waals surface area contributed by atoms with E-state index in [0.717, 1.165) is 0 Å². The third-order valence-electron chi connectivity index (χ3n) is 6.50. The molecule has 0 radical (unpaired) electrons. The van der Waals surface area contributed by atoms with Crippen LogP contribution in [-0.2, 0) is 17.1 Å². The average molecular weight is 533 g/mol. The summed E-state index contributed by atoms with van der Waals surface area (Å²) in [7, 11) is -2.51. The number of likely N-dealkylation sites (tertiary alicyclic amines) is 1. The summed E-state index contributed by atoms with van der Waals surface area (Å²) in [5.74, 6) is -1.84. The molecular weight excluding hydrogens is 507 g/mol. The molecular formula is C23H25FN6O6S. The van der Waals surface area contributed by atoms with Crippen molar-refractivity contribution < 1.29 is 31.6 Å². The lowest BCUT2D eigenvalue weighted by Gasteiger charge is -2.39. The Bertz CT molecular complexity index is 1500. The number of carbonyl (C=O) groups excluding carboxylic acids is 2. The maximum absolute atomic E-state index is 13.6. The number of hydrogen-bond acceptors (Lipinski definition) is 8. The number of hydrogen-bond donors (Lipinski definition) is 2. The number of anilines is 1.